The Kier molecular flexibility index (Phi) is 5.11. The fourth-order valence-electron chi connectivity index (χ4n) is 3.86. The molecular weight excluding hydrogens is 302 g/mol. The van der Waals surface area contributed by atoms with Gasteiger partial charge in [-0.2, -0.15) is 0 Å². The second-order valence-corrected chi connectivity index (χ2v) is 7.36. The van der Waals surface area contributed by atoms with Crippen LogP contribution in [0.5, 0.6) is 0 Å². The molecule has 1 amide bonds. The summed E-state index contributed by atoms with van der Waals surface area (Å²) in [6.45, 7) is 5.68. The molecular formula is C19H29N3O2. The van der Waals surface area contributed by atoms with E-state index in [4.69, 9.17) is 10.5 Å². The highest BCUT2D eigenvalue weighted by Crippen LogP contribution is 2.38. The van der Waals surface area contributed by atoms with Crippen LogP contribution in [0.4, 0.5) is 5.69 Å². The largest absolute Gasteiger partial charge is 0.373 e. The Labute approximate surface area is 144 Å². The molecule has 1 aromatic rings. The standard InChI is InChI=1S/C19H29N3O2/c1-15-3-5-16(6-4-15)21(2)17-13-19(24-14-17)8-11-22(12-9-19)10-7-18(20)23/h3-6,17H,7-14H2,1-2H3,(H2,20,23). The number of likely N-dealkylation sites (tertiary alicyclic amines) is 1. The van der Waals surface area contributed by atoms with Crippen LogP contribution < -0.4 is 10.6 Å². The molecule has 2 fully saturated rings. The number of nitrogens with zero attached hydrogens (tertiary/aromatic N) is 2. The number of amides is 1. The lowest BCUT2D eigenvalue weighted by atomic mass is 9.87. The number of anilines is 1. The summed E-state index contributed by atoms with van der Waals surface area (Å²) < 4.78 is 6.27. The first-order valence-electron chi connectivity index (χ1n) is 8.92. The molecule has 2 heterocycles. The van der Waals surface area contributed by atoms with Gasteiger partial charge in [-0.3, -0.25) is 4.79 Å². The molecule has 2 N–H and O–H groups in total. The van der Waals surface area contributed by atoms with Crippen molar-refractivity contribution >= 4 is 11.6 Å². The third kappa shape index (κ3) is 3.90. The Hall–Kier alpha value is -1.59. The zero-order chi connectivity index (χ0) is 17.2. The number of likely N-dealkylation sites (N-methyl/N-ethyl adjacent to an activating group) is 1. The summed E-state index contributed by atoms with van der Waals surface area (Å²) in [6.07, 6.45) is 3.63. The molecule has 5 nitrogen and oxygen atoms in total. The van der Waals surface area contributed by atoms with Crippen molar-refractivity contribution in [2.75, 3.05) is 38.2 Å². The van der Waals surface area contributed by atoms with Crippen molar-refractivity contribution in [1.82, 2.24) is 4.90 Å². The second kappa shape index (κ2) is 7.11. The molecule has 1 atom stereocenters. The normalized spacial score (nSPS) is 23.5. The first-order chi connectivity index (χ1) is 11.5. The number of hydrogen-bond donors (Lipinski definition) is 1. The number of benzene rings is 1. The molecule has 5 heteroatoms. The van der Waals surface area contributed by atoms with Gasteiger partial charge in [-0.25, -0.2) is 0 Å². The van der Waals surface area contributed by atoms with Gasteiger partial charge >= 0.3 is 0 Å². The van der Waals surface area contributed by atoms with Crippen LogP contribution in [0, 0.1) is 6.92 Å². The summed E-state index contributed by atoms with van der Waals surface area (Å²) >= 11 is 0. The highest BCUT2D eigenvalue weighted by Gasteiger charge is 2.43. The predicted octanol–water partition coefficient (Wildman–Crippen LogP) is 1.93. The topological polar surface area (TPSA) is 58.8 Å². The summed E-state index contributed by atoms with van der Waals surface area (Å²) in [5, 5.41) is 0. The van der Waals surface area contributed by atoms with Crippen molar-refractivity contribution in [2.45, 2.75) is 44.2 Å². The molecule has 2 aliphatic heterocycles. The van der Waals surface area contributed by atoms with E-state index in [1.807, 2.05) is 0 Å². The lowest BCUT2D eigenvalue weighted by molar-refractivity contribution is -0.118. The van der Waals surface area contributed by atoms with Gasteiger partial charge in [-0.15, -0.1) is 0 Å². The molecule has 0 radical (unpaired) electrons. The summed E-state index contributed by atoms with van der Waals surface area (Å²) in [6, 6.07) is 9.13. The maximum atomic E-state index is 10.9. The van der Waals surface area contributed by atoms with Gasteiger partial charge < -0.3 is 20.3 Å². The number of ether oxygens (including phenoxy) is 1. The van der Waals surface area contributed by atoms with Gasteiger partial charge in [0, 0.05) is 38.8 Å². The van der Waals surface area contributed by atoms with E-state index in [0.29, 0.717) is 12.5 Å². The van der Waals surface area contributed by atoms with Gasteiger partial charge in [0.05, 0.1) is 18.2 Å². The molecule has 1 spiro atoms. The fourth-order valence-corrected chi connectivity index (χ4v) is 3.86. The Morgan fingerprint density at radius 2 is 2.00 bits per heavy atom. The summed E-state index contributed by atoms with van der Waals surface area (Å²) in [7, 11) is 2.17. The van der Waals surface area contributed by atoms with Crippen molar-refractivity contribution in [3.8, 4) is 0 Å². The first kappa shape index (κ1) is 17.2. The van der Waals surface area contributed by atoms with Crippen LogP contribution in [0.3, 0.4) is 0 Å². The van der Waals surface area contributed by atoms with Crippen LogP contribution in [0.1, 0.15) is 31.2 Å². The van der Waals surface area contributed by atoms with E-state index < -0.39 is 0 Å². The van der Waals surface area contributed by atoms with E-state index in [1.165, 1.54) is 11.3 Å². The van der Waals surface area contributed by atoms with Crippen molar-refractivity contribution < 1.29 is 9.53 Å². The maximum absolute atomic E-state index is 10.9. The van der Waals surface area contributed by atoms with Crippen LogP contribution in [0.25, 0.3) is 0 Å². The highest BCUT2D eigenvalue weighted by molar-refractivity contribution is 5.73. The minimum atomic E-state index is -0.216. The van der Waals surface area contributed by atoms with Crippen molar-refractivity contribution in [1.29, 1.82) is 0 Å². The van der Waals surface area contributed by atoms with Gasteiger partial charge in [-0.1, -0.05) is 17.7 Å². The number of piperidine rings is 1. The molecule has 3 rings (SSSR count). The van der Waals surface area contributed by atoms with E-state index in [9.17, 15) is 4.79 Å². The molecule has 0 saturated carbocycles. The molecule has 2 saturated heterocycles. The molecule has 0 bridgehead atoms. The van der Waals surface area contributed by atoms with Crippen LogP contribution >= 0.6 is 0 Å². The average molecular weight is 331 g/mol. The number of carbonyl (C=O) groups is 1. The Morgan fingerprint density at radius 1 is 1.33 bits per heavy atom. The van der Waals surface area contributed by atoms with Crippen LogP contribution in [0.2, 0.25) is 0 Å². The van der Waals surface area contributed by atoms with E-state index >= 15 is 0 Å². The van der Waals surface area contributed by atoms with Crippen molar-refractivity contribution in [3.63, 3.8) is 0 Å². The second-order valence-electron chi connectivity index (χ2n) is 7.36. The minimum absolute atomic E-state index is 0.0207. The minimum Gasteiger partial charge on any atom is -0.373 e. The number of primary amides is 1. The van der Waals surface area contributed by atoms with Crippen LogP contribution in [-0.2, 0) is 9.53 Å². The fraction of sp³-hybridized carbons (Fsp3) is 0.632. The number of carbonyl (C=O) groups excluding carboxylic acids is 1. The lowest BCUT2D eigenvalue weighted by Crippen LogP contribution is -2.45. The summed E-state index contributed by atoms with van der Waals surface area (Å²) in [5.74, 6) is -0.216. The summed E-state index contributed by atoms with van der Waals surface area (Å²) in [5.41, 5.74) is 7.81. The molecule has 132 valence electrons. The van der Waals surface area contributed by atoms with E-state index in [-0.39, 0.29) is 11.5 Å². The number of nitrogens with two attached hydrogens (primary N) is 1. The third-order valence-electron chi connectivity index (χ3n) is 5.62. The number of aryl methyl sites for hydroxylation is 1. The predicted molar refractivity (Wildman–Crippen MR) is 96.2 cm³/mol. The highest BCUT2D eigenvalue weighted by atomic mass is 16.5. The molecule has 0 aromatic heterocycles. The molecule has 24 heavy (non-hydrogen) atoms. The van der Waals surface area contributed by atoms with Gasteiger partial charge in [0.1, 0.15) is 0 Å². The number of rotatable bonds is 5. The summed E-state index contributed by atoms with van der Waals surface area (Å²) in [4.78, 5) is 15.6. The zero-order valence-corrected chi connectivity index (χ0v) is 14.8. The van der Waals surface area contributed by atoms with Gasteiger partial charge in [-0.05, 0) is 38.3 Å². The van der Waals surface area contributed by atoms with E-state index in [2.05, 4.69) is 48.0 Å². The van der Waals surface area contributed by atoms with Crippen LogP contribution in [-0.4, -0.2) is 55.7 Å². The Balaban J connectivity index is 1.53. The van der Waals surface area contributed by atoms with E-state index in [0.717, 1.165) is 45.5 Å². The van der Waals surface area contributed by atoms with Gasteiger partial charge in [0.15, 0.2) is 0 Å². The SMILES string of the molecule is Cc1ccc(N(C)C2COC3(CCN(CCC(N)=O)CC3)C2)cc1. The third-order valence-corrected chi connectivity index (χ3v) is 5.62. The van der Waals surface area contributed by atoms with Crippen molar-refractivity contribution in [3.05, 3.63) is 29.8 Å². The Morgan fingerprint density at radius 3 is 2.62 bits per heavy atom. The average Bonchev–Trinajstić information content (AvgIpc) is 2.98. The van der Waals surface area contributed by atoms with E-state index in [1.54, 1.807) is 0 Å². The molecule has 1 aromatic carbocycles. The zero-order valence-electron chi connectivity index (χ0n) is 14.8. The smallest absolute Gasteiger partial charge is 0.218 e. The monoisotopic (exact) mass is 331 g/mol. The number of hydrogen-bond acceptors (Lipinski definition) is 4. The Bertz CT molecular complexity index is 564. The van der Waals surface area contributed by atoms with Gasteiger partial charge in [0.2, 0.25) is 5.91 Å². The molecule has 0 aliphatic carbocycles. The van der Waals surface area contributed by atoms with Crippen molar-refractivity contribution in [2.24, 2.45) is 5.73 Å². The molecule has 2 aliphatic rings. The quantitative estimate of drug-likeness (QED) is 0.896. The first-order valence-corrected chi connectivity index (χ1v) is 8.92. The maximum Gasteiger partial charge on any atom is 0.218 e. The van der Waals surface area contributed by atoms with Gasteiger partial charge in [0.25, 0.3) is 0 Å². The van der Waals surface area contributed by atoms with Crippen LogP contribution in [0.15, 0.2) is 24.3 Å². The molecule has 1 unspecified atom stereocenters. The lowest BCUT2D eigenvalue weighted by Gasteiger charge is -2.39.